The van der Waals surface area contributed by atoms with Gasteiger partial charge in [0.2, 0.25) is 0 Å². The second kappa shape index (κ2) is 11.3. The Morgan fingerprint density at radius 3 is 2.00 bits per heavy atom. The first-order valence-corrected chi connectivity index (χ1v) is 5.00. The van der Waals surface area contributed by atoms with Gasteiger partial charge in [-0.25, -0.2) is 0 Å². The fourth-order valence-electron chi connectivity index (χ4n) is 0. The van der Waals surface area contributed by atoms with E-state index in [1.807, 2.05) is 6.26 Å². The van der Waals surface area contributed by atoms with Crippen molar-refractivity contribution < 1.29 is 14.5 Å². The molecule has 2 N–H and O–H groups in total. The summed E-state index contributed by atoms with van der Waals surface area (Å²) in [5.74, 6) is -0.965. The fourth-order valence-corrected chi connectivity index (χ4v) is 0. The van der Waals surface area contributed by atoms with Crippen LogP contribution in [0.3, 0.4) is 0 Å². The number of carboxylic acids is 1. The van der Waals surface area contributed by atoms with Crippen LogP contribution in [-0.4, -0.2) is 27.6 Å². The van der Waals surface area contributed by atoms with Crippen LogP contribution in [0.5, 0.6) is 0 Å². The van der Waals surface area contributed by atoms with Gasteiger partial charge in [-0.1, -0.05) is 10.8 Å². The van der Waals surface area contributed by atoms with Crippen LogP contribution in [0.4, 0.5) is 0 Å². The highest BCUT2D eigenvalue weighted by molar-refractivity contribution is 8.74. The zero-order valence-corrected chi connectivity index (χ0v) is 7.30. The van der Waals surface area contributed by atoms with E-state index < -0.39 is 5.97 Å². The third-order valence-electron chi connectivity index (χ3n) is 0.210. The Balaban J connectivity index is 0. The molecule has 3 nitrogen and oxygen atoms in total. The quantitative estimate of drug-likeness (QED) is 0.348. The maximum atomic E-state index is 9.29. The molecular weight excluding hydrogens is 180 g/mol. The monoisotopic (exact) mass is 188 g/mol. The molecule has 0 radical (unpaired) electrons. The molecule has 0 aliphatic rings. The summed E-state index contributed by atoms with van der Waals surface area (Å²) in [4.78, 5) is 9.29. The van der Waals surface area contributed by atoms with Gasteiger partial charge >= 0.3 is 5.97 Å². The molecule has 0 aromatic heterocycles. The molecule has 0 heterocycles. The predicted octanol–water partition coefficient (Wildman–Crippen LogP) is 1.47. The Morgan fingerprint density at radius 2 is 2.00 bits per heavy atom. The van der Waals surface area contributed by atoms with Crippen molar-refractivity contribution in [1.82, 2.24) is 0 Å². The summed E-state index contributed by atoms with van der Waals surface area (Å²) < 4.78 is 7.75. The number of carbonyl (C=O) groups is 1. The molecule has 0 fully saturated rings. The molecule has 0 aliphatic heterocycles. The second-order valence-corrected chi connectivity index (χ2v) is 3.04. The molecule has 0 aliphatic carbocycles. The van der Waals surface area contributed by atoms with Gasteiger partial charge in [0, 0.05) is 0 Å². The van der Waals surface area contributed by atoms with Crippen LogP contribution >= 0.6 is 34.5 Å². The van der Waals surface area contributed by atoms with Gasteiger partial charge in [0.05, 0.1) is 16.8 Å². The van der Waals surface area contributed by atoms with E-state index in [0.717, 1.165) is 11.1 Å². The molecule has 0 amide bonds. The lowest BCUT2D eigenvalue weighted by Crippen LogP contribution is -1.92. The van der Waals surface area contributed by atoms with E-state index in [9.17, 15) is 4.79 Å². The summed E-state index contributed by atoms with van der Waals surface area (Å²) in [7, 11) is 1.33. The molecule has 0 atom stereocenters. The van der Waals surface area contributed by atoms with Gasteiger partial charge in [-0.2, -0.15) is 12.6 Å². The minimum Gasteiger partial charge on any atom is -0.481 e. The van der Waals surface area contributed by atoms with Gasteiger partial charge in [0.1, 0.15) is 0 Å². The molecule has 0 bridgehead atoms. The van der Waals surface area contributed by atoms with Crippen LogP contribution in [0.1, 0.15) is 0 Å². The van der Waals surface area contributed by atoms with Gasteiger partial charge in [0.25, 0.3) is 0 Å². The third kappa shape index (κ3) is 29.4. The topological polar surface area (TPSA) is 57.5 Å². The lowest BCUT2D eigenvalue weighted by molar-refractivity contribution is -0.133. The van der Waals surface area contributed by atoms with Crippen LogP contribution in [0, 0.1) is 0 Å². The van der Waals surface area contributed by atoms with Crippen molar-refractivity contribution in [3.05, 3.63) is 0 Å². The molecular formula is C3H8O3S3. The smallest absolute Gasteiger partial charge is 0.313 e. The van der Waals surface area contributed by atoms with Crippen LogP contribution in [0.2, 0.25) is 0 Å². The molecule has 0 saturated heterocycles. The molecule has 6 heteroatoms. The van der Waals surface area contributed by atoms with Crippen LogP contribution in [0.15, 0.2) is 0 Å². The summed E-state index contributed by atoms with van der Waals surface area (Å²) in [6.07, 6.45) is 1.81. The van der Waals surface area contributed by atoms with E-state index in [1.165, 1.54) is 10.8 Å². The summed E-state index contributed by atoms with van der Waals surface area (Å²) >= 11 is 4.19. The molecule has 0 spiro atoms. The number of carboxylic acid groups (broad SMARTS) is 1. The summed E-state index contributed by atoms with van der Waals surface area (Å²) in [5.41, 5.74) is 0. The highest BCUT2D eigenvalue weighted by Gasteiger charge is 1.81. The summed E-state index contributed by atoms with van der Waals surface area (Å²) in [6.45, 7) is 0. The normalized spacial score (nSPS) is 7.44. The predicted molar refractivity (Wildman–Crippen MR) is 45.2 cm³/mol. The molecule has 0 saturated carbocycles. The van der Waals surface area contributed by atoms with Crippen LogP contribution in [-0.2, 0) is 4.79 Å². The number of hydrogen-bond donors (Lipinski definition) is 3. The van der Waals surface area contributed by atoms with Crippen molar-refractivity contribution in [1.29, 1.82) is 0 Å². The van der Waals surface area contributed by atoms with E-state index in [-0.39, 0.29) is 5.75 Å². The van der Waals surface area contributed by atoms with Crippen molar-refractivity contribution in [2.24, 2.45) is 0 Å². The average molecular weight is 188 g/mol. The average Bonchev–Trinajstić information content (AvgIpc) is 1.89. The largest absolute Gasteiger partial charge is 0.481 e. The Kier molecular flexibility index (Phi) is 15.3. The maximum absolute atomic E-state index is 9.29. The fraction of sp³-hybridized carbons (Fsp3) is 0.667. The number of rotatable bonds is 2. The third-order valence-corrected chi connectivity index (χ3v) is 1.08. The first-order chi connectivity index (χ1) is 4.18. The summed E-state index contributed by atoms with van der Waals surface area (Å²) in [6, 6.07) is 0. The van der Waals surface area contributed by atoms with E-state index in [1.54, 1.807) is 0 Å². The Bertz CT molecular complexity index is 65.3. The highest BCUT2D eigenvalue weighted by Crippen LogP contribution is 2.08. The maximum Gasteiger partial charge on any atom is 0.313 e. The second-order valence-electron chi connectivity index (χ2n) is 0.793. The lowest BCUT2D eigenvalue weighted by Gasteiger charge is -1.71. The molecule has 0 aromatic rings. The molecule has 9 heavy (non-hydrogen) atoms. The standard InChI is InChI=1S/C2H4O2S.CH4OS2/c3-2(4)1-5;1-3-4-2/h5H,1H2,(H,3,4);2H,1H3. The van der Waals surface area contributed by atoms with Gasteiger partial charge in [0.15, 0.2) is 0 Å². The number of hydrogen-bond acceptors (Lipinski definition) is 5. The lowest BCUT2D eigenvalue weighted by atomic mass is 10.8. The summed E-state index contributed by atoms with van der Waals surface area (Å²) in [5, 5.41) is 7.65. The van der Waals surface area contributed by atoms with Crippen molar-refractivity contribution in [2.75, 3.05) is 12.0 Å². The van der Waals surface area contributed by atoms with Crippen molar-refractivity contribution >= 4 is 40.5 Å². The molecule has 0 rings (SSSR count). The van der Waals surface area contributed by atoms with Gasteiger partial charge in [-0.15, -0.1) is 0 Å². The number of aliphatic carboxylic acids is 1. The minimum atomic E-state index is -0.881. The SMILES string of the molecule is CSSO.O=C(O)CS. The van der Waals surface area contributed by atoms with Crippen LogP contribution in [0.25, 0.3) is 0 Å². The molecule has 0 unspecified atom stereocenters. The number of thiol groups is 1. The van der Waals surface area contributed by atoms with Crippen molar-refractivity contribution in [2.45, 2.75) is 0 Å². The van der Waals surface area contributed by atoms with Gasteiger partial charge in [-0.3, -0.25) is 4.79 Å². The van der Waals surface area contributed by atoms with Gasteiger partial charge in [-0.05, 0) is 6.26 Å². The van der Waals surface area contributed by atoms with E-state index in [2.05, 4.69) is 12.6 Å². The molecule has 56 valence electrons. The minimum absolute atomic E-state index is 0.0833. The Labute approximate surface area is 67.2 Å². The Hall–Kier alpha value is 0.480. The van der Waals surface area contributed by atoms with E-state index in [0.29, 0.717) is 0 Å². The first-order valence-electron chi connectivity index (χ1n) is 1.86. The van der Waals surface area contributed by atoms with E-state index in [4.69, 9.17) is 9.66 Å². The van der Waals surface area contributed by atoms with E-state index >= 15 is 0 Å². The van der Waals surface area contributed by atoms with Gasteiger partial charge < -0.3 is 9.66 Å². The molecule has 0 aromatic carbocycles. The van der Waals surface area contributed by atoms with Crippen molar-refractivity contribution in [3.8, 4) is 0 Å². The zero-order chi connectivity index (χ0) is 7.70. The first kappa shape index (κ1) is 12.2. The van der Waals surface area contributed by atoms with Crippen LogP contribution < -0.4 is 0 Å². The Morgan fingerprint density at radius 1 is 1.78 bits per heavy atom. The van der Waals surface area contributed by atoms with Crippen molar-refractivity contribution in [3.63, 3.8) is 0 Å². The highest BCUT2D eigenvalue weighted by atomic mass is 33.1. The zero-order valence-electron chi connectivity index (χ0n) is 4.77.